The van der Waals surface area contributed by atoms with Crippen molar-refractivity contribution in [1.82, 2.24) is 5.32 Å². The van der Waals surface area contributed by atoms with Crippen molar-refractivity contribution in [3.05, 3.63) is 69.3 Å². The highest BCUT2D eigenvalue weighted by Gasteiger charge is 2.76. The summed E-state index contributed by atoms with van der Waals surface area (Å²) in [6.07, 6.45) is -0.303. The molecule has 14 nitrogen and oxygen atoms in total. The molecule has 0 radical (unpaired) electrons. The van der Waals surface area contributed by atoms with E-state index in [-0.39, 0.29) is 38.3 Å². The number of nitrogens with one attached hydrogen (secondary N) is 1. The van der Waals surface area contributed by atoms with Gasteiger partial charge >= 0.3 is 12.1 Å². The van der Waals surface area contributed by atoms with Crippen LogP contribution in [0.3, 0.4) is 0 Å². The van der Waals surface area contributed by atoms with E-state index in [0.29, 0.717) is 23.1 Å². The number of aliphatic hydroxyl groups excluding tert-OH is 2. The van der Waals surface area contributed by atoms with Crippen LogP contribution in [-0.4, -0.2) is 80.7 Å². The fourth-order valence-electron chi connectivity index (χ4n) is 8.34. The number of Topliss-reactive ketones (excluding diaryl/α,β-unsaturated/α-hetero) is 1. The molecular formula is C32H37FN2O12. The van der Waals surface area contributed by atoms with Gasteiger partial charge in [-0.2, -0.15) is 0 Å². The van der Waals surface area contributed by atoms with Gasteiger partial charge in [-0.25, -0.2) is 9.18 Å². The molecule has 1 aromatic rings. The zero-order valence-electron chi connectivity index (χ0n) is 25.8. The Labute approximate surface area is 268 Å². The van der Waals surface area contributed by atoms with Crippen LogP contribution in [0.1, 0.15) is 50.7 Å². The van der Waals surface area contributed by atoms with E-state index in [0.717, 1.165) is 0 Å². The Morgan fingerprint density at radius 2 is 1.77 bits per heavy atom. The maximum atomic E-state index is 17.2. The third kappa shape index (κ3) is 5.59. The number of amides is 1. The van der Waals surface area contributed by atoms with Gasteiger partial charge in [0.2, 0.25) is 5.78 Å². The molecule has 0 bridgehead atoms. The van der Waals surface area contributed by atoms with Crippen molar-refractivity contribution in [1.29, 1.82) is 0 Å². The fourth-order valence-corrected chi connectivity index (χ4v) is 8.34. The van der Waals surface area contributed by atoms with Gasteiger partial charge in [-0.05, 0) is 61.8 Å². The summed E-state index contributed by atoms with van der Waals surface area (Å²) in [6, 6.07) is 6.38. The van der Waals surface area contributed by atoms with Crippen molar-refractivity contribution < 1.29 is 58.3 Å². The molecule has 15 heteroatoms. The summed E-state index contributed by atoms with van der Waals surface area (Å²) in [6.45, 7) is 0.866. The molecule has 3 saturated carbocycles. The summed E-state index contributed by atoms with van der Waals surface area (Å²) < 4.78 is 27.3. The second-order valence-corrected chi connectivity index (χ2v) is 13.1. The number of ketones is 2. The largest absolute Gasteiger partial charge is 0.459 e. The van der Waals surface area contributed by atoms with Gasteiger partial charge in [0.25, 0.3) is 5.09 Å². The number of benzene rings is 1. The Morgan fingerprint density at radius 3 is 2.45 bits per heavy atom. The molecule has 8 atom stereocenters. The van der Waals surface area contributed by atoms with Gasteiger partial charge in [0.05, 0.1) is 12.2 Å². The predicted molar refractivity (Wildman–Crippen MR) is 157 cm³/mol. The van der Waals surface area contributed by atoms with Crippen LogP contribution in [-0.2, 0) is 41.9 Å². The first kappa shape index (κ1) is 34.1. The van der Waals surface area contributed by atoms with Gasteiger partial charge in [0.1, 0.15) is 19.8 Å². The highest BCUT2D eigenvalue weighted by atomic mass is 19.1. The Hall–Kier alpha value is -4.21. The lowest BCUT2D eigenvalue weighted by Crippen LogP contribution is -2.69. The number of alkyl carbamates (subject to hydrolysis) is 1. The molecule has 4 aliphatic carbocycles. The summed E-state index contributed by atoms with van der Waals surface area (Å²) in [5.41, 5.74) is -6.09. The summed E-state index contributed by atoms with van der Waals surface area (Å²) in [4.78, 5) is 64.8. The van der Waals surface area contributed by atoms with Crippen molar-refractivity contribution in [2.45, 2.75) is 76.2 Å². The summed E-state index contributed by atoms with van der Waals surface area (Å²) in [5.74, 6) is -3.80. The van der Waals surface area contributed by atoms with Gasteiger partial charge in [0.15, 0.2) is 23.7 Å². The number of aliphatic hydroxyl groups is 3. The van der Waals surface area contributed by atoms with Crippen molar-refractivity contribution in [2.24, 2.45) is 22.7 Å². The van der Waals surface area contributed by atoms with Crippen molar-refractivity contribution in [2.75, 3.05) is 13.2 Å². The Balaban J connectivity index is 1.19. The SMILES string of the molecule is C[C@]12C=CC(=O)C=C1CCC1C3C[C@@H](O)[C@](O)(C(=O)COC(=O)NCC(=O)OCc4ccccc4CO[N+](=O)[O-])[C@@]3(C)C[C@H](O)[C@@]12F. The lowest BCUT2D eigenvalue weighted by Gasteiger charge is -2.62. The Bertz CT molecular complexity index is 1550. The number of carbonyl (C=O) groups is 4. The van der Waals surface area contributed by atoms with E-state index in [2.05, 4.69) is 10.2 Å². The number of ether oxygens (including phenoxy) is 2. The number of hydrogen-bond acceptors (Lipinski definition) is 12. The first-order valence-corrected chi connectivity index (χ1v) is 15.2. The van der Waals surface area contributed by atoms with Crippen LogP contribution in [0.4, 0.5) is 9.18 Å². The molecule has 0 spiro atoms. The van der Waals surface area contributed by atoms with E-state index >= 15 is 4.39 Å². The average Bonchev–Trinajstić information content (AvgIpc) is 3.23. The van der Waals surface area contributed by atoms with Crippen molar-refractivity contribution in [3.8, 4) is 0 Å². The molecule has 0 aromatic heterocycles. The summed E-state index contributed by atoms with van der Waals surface area (Å²) in [5, 5.41) is 45.9. The van der Waals surface area contributed by atoms with E-state index in [1.807, 2.05) is 0 Å². The molecule has 0 aliphatic heterocycles. The predicted octanol–water partition coefficient (Wildman–Crippen LogP) is 1.81. The topological polar surface area (TPSA) is 212 Å². The van der Waals surface area contributed by atoms with Crippen LogP contribution >= 0.6 is 0 Å². The van der Waals surface area contributed by atoms with Gasteiger partial charge < -0.3 is 34.9 Å². The summed E-state index contributed by atoms with van der Waals surface area (Å²) >= 11 is 0. The van der Waals surface area contributed by atoms with E-state index in [4.69, 9.17) is 9.47 Å². The number of esters is 1. The van der Waals surface area contributed by atoms with Crippen LogP contribution < -0.4 is 5.32 Å². The number of fused-ring (bicyclic) bond motifs is 5. The van der Waals surface area contributed by atoms with Crippen LogP contribution in [0.25, 0.3) is 0 Å². The monoisotopic (exact) mass is 660 g/mol. The highest BCUT2D eigenvalue weighted by Crippen LogP contribution is 2.69. The third-order valence-corrected chi connectivity index (χ3v) is 10.8. The minimum atomic E-state index is -2.49. The number of nitrogens with zero attached hydrogens (tertiary/aromatic N) is 1. The minimum Gasteiger partial charge on any atom is -0.459 e. The van der Waals surface area contributed by atoms with E-state index in [1.54, 1.807) is 31.2 Å². The van der Waals surface area contributed by atoms with Crippen molar-refractivity contribution in [3.63, 3.8) is 0 Å². The lowest BCUT2D eigenvalue weighted by molar-refractivity contribution is -0.763. The molecule has 4 N–H and O–H groups in total. The van der Waals surface area contributed by atoms with Crippen LogP contribution in [0.2, 0.25) is 0 Å². The van der Waals surface area contributed by atoms with Crippen molar-refractivity contribution >= 4 is 23.6 Å². The normalized spacial score (nSPS) is 35.4. The molecule has 47 heavy (non-hydrogen) atoms. The van der Waals surface area contributed by atoms with Gasteiger partial charge in [0, 0.05) is 16.7 Å². The molecule has 1 aromatic carbocycles. The van der Waals surface area contributed by atoms with E-state index < -0.39 is 82.2 Å². The zero-order chi connectivity index (χ0) is 34.4. The van der Waals surface area contributed by atoms with Gasteiger partial charge in [-0.3, -0.25) is 14.4 Å². The molecule has 3 fully saturated rings. The number of alkyl halides is 1. The van der Waals surface area contributed by atoms with Crippen LogP contribution in [0, 0.1) is 32.8 Å². The minimum absolute atomic E-state index is 0.140. The Morgan fingerprint density at radius 1 is 1.09 bits per heavy atom. The second-order valence-electron chi connectivity index (χ2n) is 13.1. The van der Waals surface area contributed by atoms with Gasteiger partial charge in [-0.15, -0.1) is 10.1 Å². The zero-order valence-corrected chi connectivity index (χ0v) is 25.8. The smallest absolute Gasteiger partial charge is 0.408 e. The average molecular weight is 661 g/mol. The van der Waals surface area contributed by atoms with Crippen LogP contribution in [0.15, 0.2) is 48.1 Å². The standard InChI is InChI=1S/C32H37FN2O12/c1-29-10-9-21(36)11-20(29)7-8-22-23-12-24(37)32(42,30(23,2)13-25(38)31(22,29)33)26(39)17-46-28(41)34-14-27(40)45-15-18-5-3-4-6-19(18)16-47-35(43)44/h3-6,9-11,22-25,37-38,42H,7-8,12-17H2,1-2H3,(H,34,41)/t22?,23?,24-,25+,29+,30+,31+,32+/m1/s1. The molecule has 0 saturated heterocycles. The Kier molecular flexibility index (Phi) is 9.03. The molecule has 4 aliphatic rings. The fraction of sp³-hybridized carbons (Fsp3) is 0.562. The molecule has 254 valence electrons. The molecule has 1 amide bonds. The number of rotatable bonds is 10. The first-order valence-electron chi connectivity index (χ1n) is 15.2. The number of hydrogen-bond donors (Lipinski definition) is 4. The van der Waals surface area contributed by atoms with Gasteiger partial charge in [-0.1, -0.05) is 42.8 Å². The van der Waals surface area contributed by atoms with Crippen LogP contribution in [0.5, 0.6) is 0 Å². The summed E-state index contributed by atoms with van der Waals surface area (Å²) in [7, 11) is 0. The number of carbonyl (C=O) groups excluding carboxylic acids is 4. The molecule has 2 unspecified atom stereocenters. The molecule has 0 heterocycles. The van der Waals surface area contributed by atoms with E-state index in [9.17, 15) is 44.6 Å². The number of halogens is 1. The first-order chi connectivity index (χ1) is 22.1. The quantitative estimate of drug-likeness (QED) is 0.161. The molecular weight excluding hydrogens is 623 g/mol. The lowest BCUT2D eigenvalue weighted by atomic mass is 9.44. The number of allylic oxidation sites excluding steroid dienone is 4. The van der Waals surface area contributed by atoms with E-state index in [1.165, 1.54) is 25.2 Å². The maximum absolute atomic E-state index is 17.2. The second kappa shape index (κ2) is 12.4. The highest BCUT2D eigenvalue weighted by molar-refractivity contribution is 6.01. The third-order valence-electron chi connectivity index (χ3n) is 10.8. The molecule has 5 rings (SSSR count). The maximum Gasteiger partial charge on any atom is 0.408 e.